The zero-order valence-corrected chi connectivity index (χ0v) is 16.5. The standard InChI is InChI=1S/C23H24N2O3/c1-15(22(26)24-2)28-21-12-11-17-7-10-19(13-20(17)14-21)16-5-8-18(9-6-16)23(27)25(3)4/h5-15H,1-4H3,(H,24,26). The second-order valence-corrected chi connectivity index (χ2v) is 6.87. The van der Waals surface area contributed by atoms with Crippen LogP contribution in [0.15, 0.2) is 60.7 Å². The summed E-state index contributed by atoms with van der Waals surface area (Å²) in [6.07, 6.45) is -0.563. The molecular formula is C23H24N2O3. The van der Waals surface area contributed by atoms with Crippen molar-refractivity contribution < 1.29 is 14.3 Å². The van der Waals surface area contributed by atoms with Crippen LogP contribution in [0.1, 0.15) is 17.3 Å². The van der Waals surface area contributed by atoms with Crippen LogP contribution in [0.3, 0.4) is 0 Å². The average Bonchev–Trinajstić information content (AvgIpc) is 2.72. The number of benzene rings is 3. The molecule has 0 saturated heterocycles. The summed E-state index contributed by atoms with van der Waals surface area (Å²) >= 11 is 0. The molecule has 0 aliphatic carbocycles. The number of fused-ring (bicyclic) bond motifs is 1. The highest BCUT2D eigenvalue weighted by Gasteiger charge is 2.13. The second kappa shape index (κ2) is 8.13. The largest absolute Gasteiger partial charge is 0.481 e. The molecule has 28 heavy (non-hydrogen) atoms. The number of amides is 2. The monoisotopic (exact) mass is 376 g/mol. The summed E-state index contributed by atoms with van der Waals surface area (Å²) in [6, 6.07) is 19.5. The van der Waals surface area contributed by atoms with Gasteiger partial charge in [0.2, 0.25) is 0 Å². The summed E-state index contributed by atoms with van der Waals surface area (Å²) in [6.45, 7) is 1.72. The van der Waals surface area contributed by atoms with E-state index >= 15 is 0 Å². The molecule has 0 bridgehead atoms. The smallest absolute Gasteiger partial charge is 0.260 e. The fourth-order valence-corrected chi connectivity index (χ4v) is 3.00. The van der Waals surface area contributed by atoms with E-state index in [1.54, 1.807) is 33.0 Å². The van der Waals surface area contributed by atoms with E-state index in [-0.39, 0.29) is 11.8 Å². The van der Waals surface area contributed by atoms with Crippen LogP contribution < -0.4 is 10.1 Å². The van der Waals surface area contributed by atoms with Gasteiger partial charge < -0.3 is 15.0 Å². The van der Waals surface area contributed by atoms with Gasteiger partial charge in [0.25, 0.3) is 11.8 Å². The van der Waals surface area contributed by atoms with Crippen LogP contribution in [-0.4, -0.2) is 44.0 Å². The molecule has 1 N–H and O–H groups in total. The van der Waals surface area contributed by atoms with Crippen LogP contribution in [0.2, 0.25) is 0 Å². The van der Waals surface area contributed by atoms with Gasteiger partial charge in [0.05, 0.1) is 0 Å². The zero-order chi connectivity index (χ0) is 20.3. The molecule has 3 aromatic carbocycles. The number of rotatable bonds is 5. The minimum Gasteiger partial charge on any atom is -0.481 e. The molecule has 5 heteroatoms. The van der Waals surface area contributed by atoms with Crippen LogP contribution >= 0.6 is 0 Å². The maximum Gasteiger partial charge on any atom is 0.260 e. The minimum atomic E-state index is -0.563. The molecule has 5 nitrogen and oxygen atoms in total. The van der Waals surface area contributed by atoms with Crippen molar-refractivity contribution in [2.45, 2.75) is 13.0 Å². The van der Waals surface area contributed by atoms with Crippen LogP contribution in [0, 0.1) is 0 Å². The maximum absolute atomic E-state index is 12.0. The van der Waals surface area contributed by atoms with E-state index in [1.807, 2.05) is 42.5 Å². The lowest BCUT2D eigenvalue weighted by molar-refractivity contribution is -0.126. The summed E-state index contributed by atoms with van der Waals surface area (Å²) in [5.41, 5.74) is 2.74. The molecule has 2 amide bonds. The van der Waals surface area contributed by atoms with Gasteiger partial charge in [0.15, 0.2) is 6.10 Å². The molecule has 0 fully saturated rings. The highest BCUT2D eigenvalue weighted by Crippen LogP contribution is 2.28. The highest BCUT2D eigenvalue weighted by molar-refractivity contribution is 5.94. The Morgan fingerprint density at radius 3 is 2.18 bits per heavy atom. The third-order valence-corrected chi connectivity index (χ3v) is 4.61. The van der Waals surface area contributed by atoms with Gasteiger partial charge in [-0.25, -0.2) is 0 Å². The molecule has 0 saturated carbocycles. The molecule has 0 aliphatic heterocycles. The van der Waals surface area contributed by atoms with Crippen LogP contribution in [0.25, 0.3) is 21.9 Å². The van der Waals surface area contributed by atoms with Crippen molar-refractivity contribution in [2.75, 3.05) is 21.1 Å². The number of carbonyl (C=O) groups excluding carboxylic acids is 2. The molecule has 1 atom stereocenters. The molecule has 0 spiro atoms. The summed E-state index contributed by atoms with van der Waals surface area (Å²) in [7, 11) is 5.07. The lowest BCUT2D eigenvalue weighted by Gasteiger charge is -2.14. The Morgan fingerprint density at radius 2 is 1.54 bits per heavy atom. The molecule has 144 valence electrons. The first kappa shape index (κ1) is 19.4. The predicted octanol–water partition coefficient (Wildman–Crippen LogP) is 3.72. The van der Waals surface area contributed by atoms with E-state index in [0.717, 1.165) is 21.9 Å². The third-order valence-electron chi connectivity index (χ3n) is 4.61. The fraction of sp³-hybridized carbons (Fsp3) is 0.217. The minimum absolute atomic E-state index is 0.0166. The van der Waals surface area contributed by atoms with Crippen molar-refractivity contribution in [2.24, 2.45) is 0 Å². The third kappa shape index (κ3) is 4.14. The van der Waals surface area contributed by atoms with Crippen molar-refractivity contribution in [3.05, 3.63) is 66.2 Å². The Bertz CT molecular complexity index is 1010. The normalized spacial score (nSPS) is 11.7. The van der Waals surface area contributed by atoms with Gasteiger partial charge in [-0.3, -0.25) is 9.59 Å². The van der Waals surface area contributed by atoms with Gasteiger partial charge in [-0.05, 0) is 59.2 Å². The number of ether oxygens (including phenoxy) is 1. The van der Waals surface area contributed by atoms with E-state index in [1.165, 1.54) is 0 Å². The average molecular weight is 376 g/mol. The zero-order valence-electron chi connectivity index (χ0n) is 16.5. The molecule has 0 heterocycles. The molecule has 3 rings (SSSR count). The number of carbonyl (C=O) groups is 2. The Hall–Kier alpha value is -3.34. The van der Waals surface area contributed by atoms with E-state index in [2.05, 4.69) is 23.5 Å². The Morgan fingerprint density at radius 1 is 0.893 bits per heavy atom. The van der Waals surface area contributed by atoms with E-state index in [0.29, 0.717) is 11.3 Å². The van der Waals surface area contributed by atoms with E-state index in [9.17, 15) is 9.59 Å². The lowest BCUT2D eigenvalue weighted by Crippen LogP contribution is -2.33. The van der Waals surface area contributed by atoms with E-state index in [4.69, 9.17) is 4.74 Å². The summed E-state index contributed by atoms with van der Waals surface area (Å²) in [5.74, 6) is 0.464. The summed E-state index contributed by atoms with van der Waals surface area (Å²) in [4.78, 5) is 25.3. The Kier molecular flexibility index (Phi) is 5.64. The number of nitrogens with one attached hydrogen (secondary N) is 1. The highest BCUT2D eigenvalue weighted by atomic mass is 16.5. The van der Waals surface area contributed by atoms with Crippen molar-refractivity contribution in [3.8, 4) is 16.9 Å². The van der Waals surface area contributed by atoms with Gasteiger partial charge in [0.1, 0.15) is 5.75 Å². The van der Waals surface area contributed by atoms with Crippen molar-refractivity contribution >= 4 is 22.6 Å². The van der Waals surface area contributed by atoms with Crippen LogP contribution in [-0.2, 0) is 4.79 Å². The first-order chi connectivity index (χ1) is 13.4. The molecular weight excluding hydrogens is 352 g/mol. The lowest BCUT2D eigenvalue weighted by atomic mass is 10.00. The van der Waals surface area contributed by atoms with Gasteiger partial charge >= 0.3 is 0 Å². The Balaban J connectivity index is 1.88. The summed E-state index contributed by atoms with van der Waals surface area (Å²) < 4.78 is 5.73. The molecule has 0 aliphatic rings. The van der Waals surface area contributed by atoms with Crippen LogP contribution in [0.4, 0.5) is 0 Å². The number of hydrogen-bond acceptors (Lipinski definition) is 3. The number of nitrogens with zero attached hydrogens (tertiary/aromatic N) is 1. The first-order valence-electron chi connectivity index (χ1n) is 9.13. The van der Waals surface area contributed by atoms with Gasteiger partial charge in [-0.1, -0.05) is 30.3 Å². The quantitative estimate of drug-likeness (QED) is 0.738. The SMILES string of the molecule is CNC(=O)C(C)Oc1ccc2ccc(-c3ccc(C(=O)N(C)C)cc3)cc2c1. The number of hydrogen-bond donors (Lipinski definition) is 1. The first-order valence-corrected chi connectivity index (χ1v) is 9.13. The summed E-state index contributed by atoms with van der Waals surface area (Å²) in [5, 5.41) is 4.69. The predicted molar refractivity (Wildman–Crippen MR) is 112 cm³/mol. The number of likely N-dealkylation sites (N-methyl/N-ethyl adjacent to an activating group) is 1. The van der Waals surface area contributed by atoms with Gasteiger partial charge in [0, 0.05) is 26.7 Å². The molecule has 3 aromatic rings. The van der Waals surface area contributed by atoms with Crippen molar-refractivity contribution in [3.63, 3.8) is 0 Å². The fourth-order valence-electron chi connectivity index (χ4n) is 3.00. The van der Waals surface area contributed by atoms with Gasteiger partial charge in [-0.15, -0.1) is 0 Å². The van der Waals surface area contributed by atoms with Crippen LogP contribution in [0.5, 0.6) is 5.75 Å². The topological polar surface area (TPSA) is 58.6 Å². The van der Waals surface area contributed by atoms with Crippen molar-refractivity contribution in [1.82, 2.24) is 10.2 Å². The van der Waals surface area contributed by atoms with Gasteiger partial charge in [-0.2, -0.15) is 0 Å². The molecule has 0 radical (unpaired) electrons. The molecule has 1 unspecified atom stereocenters. The Labute approximate surface area is 164 Å². The van der Waals surface area contributed by atoms with Crippen molar-refractivity contribution in [1.29, 1.82) is 0 Å². The molecule has 0 aromatic heterocycles. The second-order valence-electron chi connectivity index (χ2n) is 6.87. The maximum atomic E-state index is 12.0. The van der Waals surface area contributed by atoms with E-state index < -0.39 is 6.10 Å².